The van der Waals surface area contributed by atoms with Gasteiger partial charge in [0.2, 0.25) is 5.91 Å². The summed E-state index contributed by atoms with van der Waals surface area (Å²) in [6.07, 6.45) is 7.78. The zero-order valence-corrected chi connectivity index (χ0v) is 15.4. The number of pyridine rings is 1. The number of nitrogens with zero attached hydrogens (tertiary/aromatic N) is 2. The van der Waals surface area contributed by atoms with E-state index in [0.29, 0.717) is 11.3 Å². The summed E-state index contributed by atoms with van der Waals surface area (Å²) in [5, 5.41) is 2.81. The third kappa shape index (κ3) is 4.10. The van der Waals surface area contributed by atoms with E-state index in [1.165, 1.54) is 6.92 Å². The summed E-state index contributed by atoms with van der Waals surface area (Å²) in [7, 11) is 0. The summed E-state index contributed by atoms with van der Waals surface area (Å²) in [6, 6.07) is 9.57. The SMILES string of the molecule is CC(=O)Nc1cc(C(=O)N2CCCCCC2c2ccncc2)ccc1C. The highest BCUT2D eigenvalue weighted by Gasteiger charge is 2.27. The van der Waals surface area contributed by atoms with Crippen LogP contribution in [-0.2, 0) is 4.79 Å². The van der Waals surface area contributed by atoms with Gasteiger partial charge in [0.15, 0.2) is 0 Å². The molecule has 1 fully saturated rings. The molecule has 3 rings (SSSR count). The average molecular weight is 351 g/mol. The number of anilines is 1. The Morgan fingerprint density at radius 2 is 1.88 bits per heavy atom. The van der Waals surface area contributed by atoms with E-state index in [-0.39, 0.29) is 17.9 Å². The van der Waals surface area contributed by atoms with Crippen molar-refractivity contribution in [2.75, 3.05) is 11.9 Å². The molecule has 0 aliphatic carbocycles. The molecule has 0 saturated carbocycles. The van der Waals surface area contributed by atoms with E-state index in [0.717, 1.165) is 43.4 Å². The van der Waals surface area contributed by atoms with Crippen LogP contribution < -0.4 is 5.32 Å². The Balaban J connectivity index is 1.92. The predicted molar refractivity (Wildman–Crippen MR) is 102 cm³/mol. The molecule has 1 atom stereocenters. The van der Waals surface area contributed by atoms with Gasteiger partial charge in [0.25, 0.3) is 5.91 Å². The van der Waals surface area contributed by atoms with E-state index in [1.807, 2.05) is 36.1 Å². The molecule has 5 nitrogen and oxygen atoms in total. The van der Waals surface area contributed by atoms with Crippen LogP contribution in [0.1, 0.15) is 60.1 Å². The van der Waals surface area contributed by atoms with Gasteiger partial charge in [0.05, 0.1) is 6.04 Å². The van der Waals surface area contributed by atoms with Crippen molar-refractivity contribution in [3.05, 3.63) is 59.4 Å². The molecule has 136 valence electrons. The van der Waals surface area contributed by atoms with Crippen LogP contribution in [0.15, 0.2) is 42.7 Å². The van der Waals surface area contributed by atoms with E-state index >= 15 is 0 Å². The van der Waals surface area contributed by atoms with Crippen LogP contribution in [-0.4, -0.2) is 28.2 Å². The van der Waals surface area contributed by atoms with Gasteiger partial charge in [-0.05, 0) is 55.2 Å². The monoisotopic (exact) mass is 351 g/mol. The summed E-state index contributed by atoms with van der Waals surface area (Å²) in [5.74, 6) is -0.123. The zero-order chi connectivity index (χ0) is 18.5. The molecule has 0 bridgehead atoms. The molecule has 1 aliphatic rings. The minimum atomic E-state index is -0.137. The molecule has 1 aromatic heterocycles. The first-order valence-corrected chi connectivity index (χ1v) is 9.15. The van der Waals surface area contributed by atoms with E-state index in [4.69, 9.17) is 0 Å². The molecule has 2 heterocycles. The van der Waals surface area contributed by atoms with Crippen LogP contribution in [0.5, 0.6) is 0 Å². The van der Waals surface area contributed by atoms with Crippen LogP contribution in [0.2, 0.25) is 0 Å². The number of hydrogen-bond donors (Lipinski definition) is 1. The Morgan fingerprint density at radius 1 is 1.12 bits per heavy atom. The normalized spacial score (nSPS) is 17.5. The van der Waals surface area contributed by atoms with Gasteiger partial charge >= 0.3 is 0 Å². The number of likely N-dealkylation sites (tertiary alicyclic amines) is 1. The first-order valence-electron chi connectivity index (χ1n) is 9.15. The quantitative estimate of drug-likeness (QED) is 0.905. The van der Waals surface area contributed by atoms with Gasteiger partial charge in [-0.3, -0.25) is 14.6 Å². The minimum Gasteiger partial charge on any atom is -0.332 e. The Bertz CT molecular complexity index is 789. The van der Waals surface area contributed by atoms with Crippen LogP contribution in [0.25, 0.3) is 0 Å². The summed E-state index contributed by atoms with van der Waals surface area (Å²) >= 11 is 0. The molecule has 1 aromatic carbocycles. The lowest BCUT2D eigenvalue weighted by molar-refractivity contribution is -0.114. The first kappa shape index (κ1) is 18.1. The van der Waals surface area contributed by atoms with E-state index in [1.54, 1.807) is 18.5 Å². The maximum Gasteiger partial charge on any atom is 0.254 e. The summed E-state index contributed by atoms with van der Waals surface area (Å²) in [4.78, 5) is 30.8. The Kier molecular flexibility index (Phi) is 5.66. The standard InChI is InChI=1S/C21H25N3O2/c1-15-7-8-18(14-19(15)23-16(2)25)21(26)24-13-5-3-4-6-20(24)17-9-11-22-12-10-17/h7-12,14,20H,3-6,13H2,1-2H3,(H,23,25). The van der Waals surface area contributed by atoms with Gasteiger partial charge in [0, 0.05) is 37.1 Å². The van der Waals surface area contributed by atoms with E-state index in [9.17, 15) is 9.59 Å². The van der Waals surface area contributed by atoms with Gasteiger partial charge in [-0.25, -0.2) is 0 Å². The van der Waals surface area contributed by atoms with Crippen molar-refractivity contribution in [1.29, 1.82) is 0 Å². The predicted octanol–water partition coefficient (Wildman–Crippen LogP) is 4.11. The molecular weight excluding hydrogens is 326 g/mol. The Labute approximate surface area is 154 Å². The van der Waals surface area contributed by atoms with E-state index in [2.05, 4.69) is 10.3 Å². The summed E-state index contributed by atoms with van der Waals surface area (Å²) < 4.78 is 0. The number of carbonyl (C=O) groups is 2. The molecule has 1 saturated heterocycles. The van der Waals surface area contributed by atoms with Gasteiger partial charge in [0.1, 0.15) is 0 Å². The van der Waals surface area contributed by atoms with Crippen molar-refractivity contribution < 1.29 is 9.59 Å². The molecule has 0 spiro atoms. The van der Waals surface area contributed by atoms with Gasteiger partial charge in [-0.1, -0.05) is 18.9 Å². The third-order valence-corrected chi connectivity index (χ3v) is 4.90. The second-order valence-electron chi connectivity index (χ2n) is 6.86. The smallest absolute Gasteiger partial charge is 0.254 e. The fourth-order valence-corrected chi connectivity index (χ4v) is 3.53. The number of aromatic nitrogens is 1. The fourth-order valence-electron chi connectivity index (χ4n) is 3.53. The lowest BCUT2D eigenvalue weighted by atomic mass is 10.0. The number of hydrogen-bond acceptors (Lipinski definition) is 3. The number of rotatable bonds is 3. The van der Waals surface area contributed by atoms with Gasteiger partial charge in [-0.2, -0.15) is 0 Å². The van der Waals surface area contributed by atoms with Crippen LogP contribution in [0.4, 0.5) is 5.69 Å². The fraction of sp³-hybridized carbons (Fsp3) is 0.381. The highest BCUT2D eigenvalue weighted by molar-refractivity contribution is 5.97. The van der Waals surface area contributed by atoms with Crippen molar-refractivity contribution in [2.45, 2.75) is 45.6 Å². The summed E-state index contributed by atoms with van der Waals surface area (Å²) in [6.45, 7) is 4.14. The molecule has 26 heavy (non-hydrogen) atoms. The number of carbonyl (C=O) groups excluding carboxylic acids is 2. The number of nitrogens with one attached hydrogen (secondary N) is 1. The van der Waals surface area contributed by atoms with Crippen molar-refractivity contribution in [3.63, 3.8) is 0 Å². The average Bonchev–Trinajstić information content (AvgIpc) is 2.89. The van der Waals surface area contributed by atoms with Crippen LogP contribution in [0.3, 0.4) is 0 Å². The van der Waals surface area contributed by atoms with E-state index < -0.39 is 0 Å². The molecule has 0 radical (unpaired) electrons. The van der Waals surface area contributed by atoms with Crippen molar-refractivity contribution in [3.8, 4) is 0 Å². The Hall–Kier alpha value is -2.69. The molecular formula is C21H25N3O2. The first-order chi connectivity index (χ1) is 12.6. The third-order valence-electron chi connectivity index (χ3n) is 4.90. The molecule has 1 N–H and O–H groups in total. The number of aryl methyl sites for hydroxylation is 1. The van der Waals surface area contributed by atoms with Crippen molar-refractivity contribution in [2.24, 2.45) is 0 Å². The van der Waals surface area contributed by atoms with Crippen molar-refractivity contribution >= 4 is 17.5 Å². The maximum absolute atomic E-state index is 13.3. The molecule has 1 unspecified atom stereocenters. The van der Waals surface area contributed by atoms with Gasteiger partial charge in [-0.15, -0.1) is 0 Å². The molecule has 2 aromatic rings. The maximum atomic E-state index is 13.3. The van der Waals surface area contributed by atoms with Crippen LogP contribution in [0, 0.1) is 6.92 Å². The topological polar surface area (TPSA) is 62.3 Å². The highest BCUT2D eigenvalue weighted by Crippen LogP contribution is 2.31. The summed E-state index contributed by atoms with van der Waals surface area (Å²) in [5.41, 5.74) is 3.38. The number of benzene rings is 1. The lowest BCUT2D eigenvalue weighted by Crippen LogP contribution is -2.35. The van der Waals surface area contributed by atoms with Gasteiger partial charge < -0.3 is 10.2 Å². The van der Waals surface area contributed by atoms with Crippen molar-refractivity contribution in [1.82, 2.24) is 9.88 Å². The minimum absolute atomic E-state index is 0.0142. The lowest BCUT2D eigenvalue weighted by Gasteiger charge is -2.30. The second-order valence-corrected chi connectivity index (χ2v) is 6.86. The largest absolute Gasteiger partial charge is 0.332 e. The molecule has 1 aliphatic heterocycles. The highest BCUT2D eigenvalue weighted by atomic mass is 16.2. The Morgan fingerprint density at radius 3 is 2.62 bits per heavy atom. The number of amides is 2. The molecule has 2 amide bonds. The second kappa shape index (κ2) is 8.13. The van der Waals surface area contributed by atoms with Crippen LogP contribution >= 0.6 is 0 Å². The molecule has 5 heteroatoms. The zero-order valence-electron chi connectivity index (χ0n) is 15.4.